The molecule has 1 heterocycles. The van der Waals surface area contributed by atoms with Crippen molar-refractivity contribution in [3.63, 3.8) is 0 Å². The highest BCUT2D eigenvalue weighted by molar-refractivity contribution is 5.73. The standard InChI is InChI=1S/C15H19N3O3/c1-2-18-12(7-8-17-18)10-21-14-6-4-3-5-11(14)9-13(16)15(19)20/h3-8,13H,2,9-10,16H2,1H3,(H,19,20)/t13-/m1/s1. The Hall–Kier alpha value is -2.34. The SMILES string of the molecule is CCn1nccc1COc1ccccc1C[C@@H](N)C(=O)O. The number of hydrogen-bond acceptors (Lipinski definition) is 4. The fraction of sp³-hybridized carbons (Fsp3) is 0.333. The Morgan fingerprint density at radius 1 is 1.43 bits per heavy atom. The summed E-state index contributed by atoms with van der Waals surface area (Å²) in [5.41, 5.74) is 7.34. The van der Waals surface area contributed by atoms with Crippen LogP contribution in [0.1, 0.15) is 18.2 Å². The molecule has 0 unspecified atom stereocenters. The number of aliphatic carboxylic acids is 1. The van der Waals surface area contributed by atoms with E-state index in [4.69, 9.17) is 15.6 Å². The van der Waals surface area contributed by atoms with E-state index >= 15 is 0 Å². The van der Waals surface area contributed by atoms with E-state index in [1.165, 1.54) is 0 Å². The van der Waals surface area contributed by atoms with Crippen LogP contribution in [0.5, 0.6) is 5.75 Å². The largest absolute Gasteiger partial charge is 0.487 e. The molecular formula is C15H19N3O3. The minimum absolute atomic E-state index is 0.235. The lowest BCUT2D eigenvalue weighted by Crippen LogP contribution is -2.32. The summed E-state index contributed by atoms with van der Waals surface area (Å²) >= 11 is 0. The minimum Gasteiger partial charge on any atom is -0.487 e. The van der Waals surface area contributed by atoms with Crippen LogP contribution in [0.15, 0.2) is 36.5 Å². The van der Waals surface area contributed by atoms with E-state index in [0.29, 0.717) is 12.4 Å². The van der Waals surface area contributed by atoms with Gasteiger partial charge in [0.2, 0.25) is 0 Å². The molecule has 3 N–H and O–H groups in total. The van der Waals surface area contributed by atoms with E-state index in [9.17, 15) is 4.79 Å². The Morgan fingerprint density at radius 2 is 2.19 bits per heavy atom. The molecule has 112 valence electrons. The predicted octanol–water partition coefficient (Wildman–Crippen LogP) is 1.44. The van der Waals surface area contributed by atoms with Crippen LogP contribution in [0, 0.1) is 0 Å². The zero-order valence-electron chi connectivity index (χ0n) is 11.9. The van der Waals surface area contributed by atoms with Crippen LogP contribution in [0.2, 0.25) is 0 Å². The molecule has 6 nitrogen and oxygen atoms in total. The van der Waals surface area contributed by atoms with E-state index in [0.717, 1.165) is 17.8 Å². The van der Waals surface area contributed by atoms with Crippen molar-refractivity contribution in [1.29, 1.82) is 0 Å². The van der Waals surface area contributed by atoms with Crippen LogP contribution < -0.4 is 10.5 Å². The molecule has 21 heavy (non-hydrogen) atoms. The number of benzene rings is 1. The number of aryl methyl sites for hydroxylation is 1. The average molecular weight is 289 g/mol. The molecule has 0 aliphatic rings. The van der Waals surface area contributed by atoms with Gasteiger partial charge >= 0.3 is 5.97 Å². The Labute approximate surface area is 123 Å². The molecule has 0 bridgehead atoms. The third kappa shape index (κ3) is 3.82. The van der Waals surface area contributed by atoms with E-state index in [1.807, 2.05) is 41.9 Å². The van der Waals surface area contributed by atoms with Crippen molar-refractivity contribution in [1.82, 2.24) is 9.78 Å². The minimum atomic E-state index is -1.02. The third-order valence-electron chi connectivity index (χ3n) is 3.21. The molecule has 2 rings (SSSR count). The molecule has 1 atom stereocenters. The Morgan fingerprint density at radius 3 is 2.90 bits per heavy atom. The van der Waals surface area contributed by atoms with E-state index in [-0.39, 0.29) is 6.42 Å². The summed E-state index contributed by atoms with van der Waals surface area (Å²) in [5, 5.41) is 13.1. The second-order valence-electron chi connectivity index (χ2n) is 4.68. The number of carboxylic acids is 1. The molecular weight excluding hydrogens is 270 g/mol. The molecule has 0 amide bonds. The van der Waals surface area contributed by atoms with Gasteiger partial charge in [0.25, 0.3) is 0 Å². The molecule has 0 saturated heterocycles. The molecule has 1 aromatic heterocycles. The van der Waals surface area contributed by atoms with Crippen molar-refractivity contribution in [2.75, 3.05) is 0 Å². The number of carboxylic acid groups (broad SMARTS) is 1. The quantitative estimate of drug-likeness (QED) is 0.805. The normalized spacial score (nSPS) is 12.1. The third-order valence-corrected chi connectivity index (χ3v) is 3.21. The molecule has 0 saturated carbocycles. The predicted molar refractivity (Wildman–Crippen MR) is 78.0 cm³/mol. The van der Waals surface area contributed by atoms with Crippen molar-refractivity contribution in [2.24, 2.45) is 5.73 Å². The first-order chi connectivity index (χ1) is 10.1. The van der Waals surface area contributed by atoms with Crippen molar-refractivity contribution in [3.05, 3.63) is 47.8 Å². The molecule has 0 spiro atoms. The molecule has 6 heteroatoms. The van der Waals surface area contributed by atoms with Gasteiger partial charge < -0.3 is 15.6 Å². The van der Waals surface area contributed by atoms with Crippen LogP contribution in [-0.2, 0) is 24.4 Å². The topological polar surface area (TPSA) is 90.4 Å². The van der Waals surface area contributed by atoms with Crippen molar-refractivity contribution in [2.45, 2.75) is 32.5 Å². The summed E-state index contributed by atoms with van der Waals surface area (Å²) < 4.78 is 7.65. The molecule has 0 aliphatic carbocycles. The average Bonchev–Trinajstić information content (AvgIpc) is 2.93. The van der Waals surface area contributed by atoms with Crippen LogP contribution >= 0.6 is 0 Å². The Balaban J connectivity index is 2.08. The molecule has 2 aromatic rings. The van der Waals surface area contributed by atoms with Crippen LogP contribution in [0.25, 0.3) is 0 Å². The number of para-hydroxylation sites is 1. The molecule has 1 aromatic carbocycles. The van der Waals surface area contributed by atoms with Crippen LogP contribution in [-0.4, -0.2) is 26.9 Å². The van der Waals surface area contributed by atoms with Gasteiger partial charge in [-0.25, -0.2) is 0 Å². The fourth-order valence-electron chi connectivity index (χ4n) is 2.06. The number of ether oxygens (including phenoxy) is 1. The summed E-state index contributed by atoms with van der Waals surface area (Å²) in [6, 6.07) is 8.30. The van der Waals surface area contributed by atoms with Gasteiger partial charge in [-0.15, -0.1) is 0 Å². The van der Waals surface area contributed by atoms with Gasteiger partial charge in [0.1, 0.15) is 18.4 Å². The first-order valence-corrected chi connectivity index (χ1v) is 6.81. The highest BCUT2D eigenvalue weighted by atomic mass is 16.5. The molecule has 0 fully saturated rings. The first kappa shape index (κ1) is 15.1. The van der Waals surface area contributed by atoms with E-state index in [1.54, 1.807) is 6.20 Å². The molecule has 0 radical (unpaired) electrons. The van der Waals surface area contributed by atoms with Gasteiger partial charge in [0.15, 0.2) is 0 Å². The number of hydrogen-bond donors (Lipinski definition) is 2. The number of nitrogens with two attached hydrogens (primary N) is 1. The van der Waals surface area contributed by atoms with Gasteiger partial charge in [-0.05, 0) is 24.6 Å². The van der Waals surface area contributed by atoms with E-state index in [2.05, 4.69) is 5.10 Å². The first-order valence-electron chi connectivity index (χ1n) is 6.81. The van der Waals surface area contributed by atoms with Crippen molar-refractivity contribution in [3.8, 4) is 5.75 Å². The van der Waals surface area contributed by atoms with Crippen molar-refractivity contribution < 1.29 is 14.6 Å². The summed E-state index contributed by atoms with van der Waals surface area (Å²) in [7, 11) is 0. The zero-order chi connectivity index (χ0) is 15.2. The van der Waals surface area contributed by atoms with Crippen molar-refractivity contribution >= 4 is 5.97 Å². The zero-order valence-corrected chi connectivity index (χ0v) is 11.9. The lowest BCUT2D eigenvalue weighted by molar-refractivity contribution is -0.138. The Bertz CT molecular complexity index is 610. The smallest absolute Gasteiger partial charge is 0.320 e. The second-order valence-corrected chi connectivity index (χ2v) is 4.68. The summed E-state index contributed by atoms with van der Waals surface area (Å²) in [4.78, 5) is 10.9. The van der Waals surface area contributed by atoms with Gasteiger partial charge in [0.05, 0.1) is 5.69 Å². The van der Waals surface area contributed by atoms with Gasteiger partial charge in [-0.2, -0.15) is 5.10 Å². The lowest BCUT2D eigenvalue weighted by atomic mass is 10.1. The summed E-state index contributed by atoms with van der Waals surface area (Å²) in [5.74, 6) is -0.369. The lowest BCUT2D eigenvalue weighted by Gasteiger charge is -2.13. The molecule has 0 aliphatic heterocycles. The maximum absolute atomic E-state index is 10.9. The number of carbonyl (C=O) groups is 1. The van der Waals surface area contributed by atoms with Gasteiger partial charge in [-0.3, -0.25) is 9.48 Å². The summed E-state index contributed by atoms with van der Waals surface area (Å²) in [6.45, 7) is 3.17. The second kappa shape index (κ2) is 6.90. The maximum Gasteiger partial charge on any atom is 0.320 e. The van der Waals surface area contributed by atoms with Crippen LogP contribution in [0.3, 0.4) is 0 Å². The Kier molecular flexibility index (Phi) is 4.94. The number of aromatic nitrogens is 2. The highest BCUT2D eigenvalue weighted by Gasteiger charge is 2.15. The number of nitrogens with zero attached hydrogens (tertiary/aromatic N) is 2. The van der Waals surface area contributed by atoms with Crippen LogP contribution in [0.4, 0.5) is 0 Å². The maximum atomic E-state index is 10.9. The van der Waals surface area contributed by atoms with Gasteiger partial charge in [0, 0.05) is 19.2 Å². The van der Waals surface area contributed by atoms with E-state index < -0.39 is 12.0 Å². The number of rotatable bonds is 7. The highest BCUT2D eigenvalue weighted by Crippen LogP contribution is 2.20. The monoisotopic (exact) mass is 289 g/mol. The summed E-state index contributed by atoms with van der Waals surface area (Å²) in [6.07, 6.45) is 1.97. The van der Waals surface area contributed by atoms with Gasteiger partial charge in [-0.1, -0.05) is 18.2 Å². The fourth-order valence-corrected chi connectivity index (χ4v) is 2.06.